The third-order valence-corrected chi connectivity index (χ3v) is 9.30. The second-order valence-corrected chi connectivity index (χ2v) is 13.7. The monoisotopic (exact) mass is 688 g/mol. The molecule has 0 aliphatic carbocycles. The van der Waals surface area contributed by atoms with Crippen molar-refractivity contribution in [2.24, 2.45) is 0 Å². The van der Waals surface area contributed by atoms with E-state index in [0.717, 1.165) is 85.5 Å². The number of unbranched alkanes of at least 4 members (excludes halogenated alkanes) is 12. The molecule has 0 radical (unpaired) electrons. The Balaban J connectivity index is 1.54. The van der Waals surface area contributed by atoms with Gasteiger partial charge in [-0.3, -0.25) is 0 Å². The van der Waals surface area contributed by atoms with Crippen LogP contribution in [0.1, 0.15) is 149 Å². The lowest BCUT2D eigenvalue weighted by Crippen LogP contribution is -2.16. The lowest BCUT2D eigenvalue weighted by molar-refractivity contribution is 0.176. The second kappa shape index (κ2) is 25.0. The van der Waals surface area contributed by atoms with Crippen molar-refractivity contribution in [1.29, 1.82) is 0 Å². The molecular formula is C44H64O4S. The number of benzene rings is 3. The summed E-state index contributed by atoms with van der Waals surface area (Å²) >= 11 is 5.75. The Morgan fingerprint density at radius 1 is 0.531 bits per heavy atom. The Morgan fingerprint density at radius 3 is 1.73 bits per heavy atom. The van der Waals surface area contributed by atoms with Crippen molar-refractivity contribution >= 4 is 17.3 Å². The minimum atomic E-state index is 0.270. The van der Waals surface area contributed by atoms with Gasteiger partial charge in [-0.1, -0.05) is 130 Å². The van der Waals surface area contributed by atoms with Crippen LogP contribution < -0.4 is 18.9 Å². The van der Waals surface area contributed by atoms with Crippen molar-refractivity contribution in [1.82, 2.24) is 0 Å². The van der Waals surface area contributed by atoms with Gasteiger partial charge in [0, 0.05) is 11.1 Å². The van der Waals surface area contributed by atoms with Gasteiger partial charge in [-0.25, -0.2) is 0 Å². The van der Waals surface area contributed by atoms with Crippen molar-refractivity contribution in [3.05, 3.63) is 72.3 Å². The van der Waals surface area contributed by atoms with Crippen LogP contribution in [0.3, 0.4) is 0 Å². The zero-order valence-electron chi connectivity index (χ0n) is 31.1. The first-order valence-electron chi connectivity index (χ1n) is 19.6. The lowest BCUT2D eigenvalue weighted by Gasteiger charge is -2.19. The third kappa shape index (κ3) is 16.0. The molecule has 3 rings (SSSR count). The largest absolute Gasteiger partial charge is 0.494 e. The smallest absolute Gasteiger partial charge is 0.198 e. The van der Waals surface area contributed by atoms with Crippen molar-refractivity contribution in [3.63, 3.8) is 0 Å². The molecule has 270 valence electrons. The van der Waals surface area contributed by atoms with Crippen LogP contribution in [-0.4, -0.2) is 24.4 Å². The SMILES string of the molecule is CCCCCCCCCCCCOc1ccc(OC(=S)c2ccc(-c3ccc(OC(CCC)CCCC)cc3)c(OCCCCC)c2)cc1. The van der Waals surface area contributed by atoms with Crippen LogP contribution in [0.15, 0.2) is 66.7 Å². The average Bonchev–Trinajstić information content (AvgIpc) is 3.12. The van der Waals surface area contributed by atoms with Crippen LogP contribution in [0, 0.1) is 0 Å². The fourth-order valence-electron chi connectivity index (χ4n) is 6.01. The molecule has 0 aromatic heterocycles. The summed E-state index contributed by atoms with van der Waals surface area (Å²) in [5.41, 5.74) is 2.95. The molecule has 1 unspecified atom stereocenters. The Kier molecular flexibility index (Phi) is 20.6. The molecule has 0 N–H and O–H groups in total. The molecule has 0 saturated carbocycles. The van der Waals surface area contributed by atoms with Gasteiger partial charge in [0.1, 0.15) is 23.0 Å². The summed E-state index contributed by atoms with van der Waals surface area (Å²) in [5.74, 6) is 3.29. The van der Waals surface area contributed by atoms with Gasteiger partial charge < -0.3 is 18.9 Å². The molecule has 0 fully saturated rings. The first-order chi connectivity index (χ1) is 24.1. The first kappa shape index (κ1) is 40.4. The molecule has 5 heteroatoms. The Labute approximate surface area is 304 Å². The molecule has 4 nitrogen and oxygen atoms in total. The number of rotatable bonds is 27. The van der Waals surface area contributed by atoms with Crippen molar-refractivity contribution in [2.45, 2.75) is 149 Å². The molecule has 49 heavy (non-hydrogen) atoms. The molecule has 3 aromatic rings. The molecule has 0 saturated heterocycles. The van der Waals surface area contributed by atoms with E-state index in [2.05, 4.69) is 58.0 Å². The topological polar surface area (TPSA) is 36.9 Å². The summed E-state index contributed by atoms with van der Waals surface area (Å²) in [6.07, 6.45) is 22.5. The van der Waals surface area contributed by atoms with Gasteiger partial charge in [-0.05, 0) is 98.1 Å². The molecule has 1 atom stereocenters. The fraction of sp³-hybridized carbons (Fsp3) is 0.568. The lowest BCUT2D eigenvalue weighted by atomic mass is 10.0. The van der Waals surface area contributed by atoms with Crippen molar-refractivity contribution in [2.75, 3.05) is 13.2 Å². The van der Waals surface area contributed by atoms with Crippen LogP contribution in [0.5, 0.6) is 23.0 Å². The van der Waals surface area contributed by atoms with Crippen molar-refractivity contribution < 1.29 is 18.9 Å². The van der Waals surface area contributed by atoms with E-state index in [4.69, 9.17) is 31.2 Å². The van der Waals surface area contributed by atoms with Gasteiger partial charge in [0.15, 0.2) is 5.05 Å². The quantitative estimate of drug-likeness (QED) is 0.0588. The third-order valence-electron chi connectivity index (χ3n) is 8.98. The molecule has 0 heterocycles. The van der Waals surface area contributed by atoms with Gasteiger partial charge in [0.2, 0.25) is 0 Å². The van der Waals surface area contributed by atoms with E-state index in [9.17, 15) is 0 Å². The van der Waals surface area contributed by atoms with Crippen LogP contribution in [0.4, 0.5) is 0 Å². The summed E-state index contributed by atoms with van der Waals surface area (Å²) < 4.78 is 24.8. The second-order valence-electron chi connectivity index (χ2n) is 13.4. The Hall–Kier alpha value is -3.05. The molecule has 0 bridgehead atoms. The number of ether oxygens (including phenoxy) is 4. The standard InChI is InChI=1S/C44H64O4S/c1-5-9-12-13-14-15-16-17-18-20-33-45-38-28-30-41(31-29-38)48-44(49)37-25-32-42(43(35-37)46-34-19-10-6-2)36-23-26-40(27-24-36)47-39(21-8-4)22-11-7-3/h23-32,35,39H,5-22,33-34H2,1-4H3. The predicted molar refractivity (Wildman–Crippen MR) is 212 cm³/mol. The average molecular weight is 689 g/mol. The zero-order chi connectivity index (χ0) is 34.9. The highest BCUT2D eigenvalue weighted by molar-refractivity contribution is 7.80. The van der Waals surface area contributed by atoms with E-state index >= 15 is 0 Å². The van der Waals surface area contributed by atoms with Crippen LogP contribution in [0.2, 0.25) is 0 Å². The summed E-state index contributed by atoms with van der Waals surface area (Å²) in [7, 11) is 0. The normalized spacial score (nSPS) is 11.7. The van der Waals surface area contributed by atoms with Gasteiger partial charge >= 0.3 is 0 Å². The summed E-state index contributed by atoms with van der Waals surface area (Å²) in [4.78, 5) is 0. The minimum Gasteiger partial charge on any atom is -0.494 e. The van der Waals surface area contributed by atoms with Gasteiger partial charge in [0.25, 0.3) is 0 Å². The number of thiocarbonyl (C=S) groups is 1. The van der Waals surface area contributed by atoms with Gasteiger partial charge in [-0.2, -0.15) is 0 Å². The van der Waals surface area contributed by atoms with Gasteiger partial charge in [0.05, 0.1) is 19.3 Å². The molecule has 0 amide bonds. The summed E-state index contributed by atoms with van der Waals surface area (Å²) in [6, 6.07) is 22.3. The van der Waals surface area contributed by atoms with E-state index in [0.29, 0.717) is 17.4 Å². The van der Waals surface area contributed by atoms with Crippen molar-refractivity contribution in [3.8, 4) is 34.1 Å². The maximum Gasteiger partial charge on any atom is 0.198 e. The maximum atomic E-state index is 6.36. The summed E-state index contributed by atoms with van der Waals surface area (Å²) in [5, 5.41) is 0.418. The van der Waals surface area contributed by atoms with E-state index in [1.54, 1.807) is 0 Å². The molecule has 0 aliphatic heterocycles. The maximum absolute atomic E-state index is 6.36. The highest BCUT2D eigenvalue weighted by Crippen LogP contribution is 2.34. The Morgan fingerprint density at radius 2 is 1.08 bits per heavy atom. The van der Waals surface area contributed by atoms with E-state index in [1.807, 2.05) is 36.4 Å². The number of hydrogen-bond acceptors (Lipinski definition) is 5. The van der Waals surface area contributed by atoms with E-state index in [-0.39, 0.29) is 6.10 Å². The zero-order valence-corrected chi connectivity index (χ0v) is 31.9. The minimum absolute atomic E-state index is 0.270. The number of hydrogen-bond donors (Lipinski definition) is 0. The molecule has 0 aliphatic rings. The molecular weight excluding hydrogens is 625 g/mol. The summed E-state index contributed by atoms with van der Waals surface area (Å²) in [6.45, 7) is 10.3. The molecule has 0 spiro atoms. The highest BCUT2D eigenvalue weighted by atomic mass is 32.1. The van der Waals surface area contributed by atoms with Gasteiger partial charge in [-0.15, -0.1) is 0 Å². The van der Waals surface area contributed by atoms with E-state index < -0.39 is 0 Å². The van der Waals surface area contributed by atoms with E-state index in [1.165, 1.54) is 70.6 Å². The van der Waals surface area contributed by atoms with Crippen LogP contribution >= 0.6 is 12.2 Å². The van der Waals surface area contributed by atoms with Crippen LogP contribution in [0.25, 0.3) is 11.1 Å². The Bertz CT molecular complexity index is 1290. The highest BCUT2D eigenvalue weighted by Gasteiger charge is 2.14. The van der Waals surface area contributed by atoms with Crippen LogP contribution in [-0.2, 0) is 0 Å². The fourth-order valence-corrected chi connectivity index (χ4v) is 6.24. The molecule has 3 aromatic carbocycles. The first-order valence-corrected chi connectivity index (χ1v) is 20.0. The predicted octanol–water partition coefficient (Wildman–Crippen LogP) is 13.7.